The zero-order chi connectivity index (χ0) is 24.0. The van der Waals surface area contributed by atoms with Gasteiger partial charge in [0.1, 0.15) is 23.6 Å². The Morgan fingerprint density at radius 1 is 0.943 bits per heavy atom. The number of nitrogens with zero attached hydrogens (tertiary/aromatic N) is 6. The summed E-state index contributed by atoms with van der Waals surface area (Å²) in [7, 11) is 1.65. The van der Waals surface area contributed by atoms with Gasteiger partial charge in [-0.1, -0.05) is 30.3 Å². The summed E-state index contributed by atoms with van der Waals surface area (Å²) < 4.78 is 12.8. The Balaban J connectivity index is 1.24. The molecule has 35 heavy (non-hydrogen) atoms. The van der Waals surface area contributed by atoms with Crippen molar-refractivity contribution in [2.75, 3.05) is 44.8 Å². The van der Waals surface area contributed by atoms with Crippen LogP contribution < -0.4 is 14.4 Å². The number of fused-ring (bicyclic) bond motifs is 1. The van der Waals surface area contributed by atoms with Gasteiger partial charge in [-0.3, -0.25) is 4.79 Å². The van der Waals surface area contributed by atoms with Crippen LogP contribution in [-0.2, 0) is 4.79 Å². The second-order valence-electron chi connectivity index (χ2n) is 8.33. The normalized spacial score (nSPS) is 13.7. The fourth-order valence-electron chi connectivity index (χ4n) is 4.30. The molecule has 1 aliphatic heterocycles. The highest BCUT2D eigenvalue weighted by Gasteiger charge is 2.25. The van der Waals surface area contributed by atoms with Crippen molar-refractivity contribution in [3.63, 3.8) is 0 Å². The molecule has 180 valence electrons. The summed E-state index contributed by atoms with van der Waals surface area (Å²) in [5.41, 5.74) is 1.98. The molecular weight excluding hydrogens is 444 g/mol. The first kappa shape index (κ1) is 22.6. The number of aromatic nitrogens is 4. The van der Waals surface area contributed by atoms with Crippen molar-refractivity contribution in [1.29, 1.82) is 0 Å². The van der Waals surface area contributed by atoms with E-state index in [9.17, 15) is 4.79 Å². The van der Waals surface area contributed by atoms with Crippen LogP contribution in [0.1, 0.15) is 12.8 Å². The molecule has 0 unspecified atom stereocenters. The van der Waals surface area contributed by atoms with Crippen molar-refractivity contribution in [2.45, 2.75) is 12.8 Å². The summed E-state index contributed by atoms with van der Waals surface area (Å²) in [6, 6.07) is 17.6. The van der Waals surface area contributed by atoms with Gasteiger partial charge < -0.3 is 19.3 Å². The van der Waals surface area contributed by atoms with E-state index in [1.807, 2.05) is 65.7 Å². The first-order valence-corrected chi connectivity index (χ1v) is 11.8. The van der Waals surface area contributed by atoms with Gasteiger partial charge in [0.05, 0.1) is 13.7 Å². The van der Waals surface area contributed by atoms with Crippen LogP contribution in [-0.4, -0.2) is 70.3 Å². The van der Waals surface area contributed by atoms with Crippen LogP contribution in [0.15, 0.2) is 67.1 Å². The number of benzene rings is 2. The highest BCUT2D eigenvalue weighted by atomic mass is 16.5. The van der Waals surface area contributed by atoms with E-state index < -0.39 is 0 Å². The number of para-hydroxylation sites is 1. The summed E-state index contributed by atoms with van der Waals surface area (Å²) in [5, 5.41) is 4.43. The highest BCUT2D eigenvalue weighted by Crippen LogP contribution is 2.32. The number of ether oxygens (including phenoxy) is 2. The molecule has 1 fully saturated rings. The van der Waals surface area contributed by atoms with Crippen molar-refractivity contribution in [3.8, 4) is 22.6 Å². The number of carbonyl (C=O) groups excluding carboxylic acids is 1. The molecule has 0 bridgehead atoms. The number of amides is 1. The third-order valence-electron chi connectivity index (χ3n) is 6.16. The molecule has 1 amide bonds. The number of carbonyl (C=O) groups is 1. The van der Waals surface area contributed by atoms with Crippen LogP contribution in [0.5, 0.6) is 11.5 Å². The Bertz CT molecular complexity index is 1270. The van der Waals surface area contributed by atoms with E-state index in [1.54, 1.807) is 11.6 Å². The minimum absolute atomic E-state index is 0.164. The van der Waals surface area contributed by atoms with Crippen molar-refractivity contribution in [2.24, 2.45) is 0 Å². The molecular formula is C26H28N6O3. The lowest BCUT2D eigenvalue weighted by atomic mass is 10.1. The van der Waals surface area contributed by atoms with E-state index in [0.29, 0.717) is 51.4 Å². The zero-order valence-corrected chi connectivity index (χ0v) is 19.7. The minimum atomic E-state index is 0.164. The van der Waals surface area contributed by atoms with Crippen molar-refractivity contribution < 1.29 is 14.3 Å². The Labute approximate surface area is 203 Å². The molecule has 5 rings (SSSR count). The molecule has 2 aromatic heterocycles. The Hall–Kier alpha value is -4.14. The monoisotopic (exact) mass is 472 g/mol. The van der Waals surface area contributed by atoms with E-state index in [4.69, 9.17) is 9.47 Å². The molecule has 0 saturated carbocycles. The molecule has 4 aromatic rings. The van der Waals surface area contributed by atoms with Gasteiger partial charge in [0, 0.05) is 44.4 Å². The van der Waals surface area contributed by atoms with E-state index >= 15 is 0 Å². The lowest BCUT2D eigenvalue weighted by molar-refractivity contribution is -0.131. The van der Waals surface area contributed by atoms with Crippen LogP contribution in [0, 0.1) is 0 Å². The lowest BCUT2D eigenvalue weighted by Gasteiger charge is -2.36. The largest absolute Gasteiger partial charge is 0.497 e. The smallest absolute Gasteiger partial charge is 0.254 e. The minimum Gasteiger partial charge on any atom is -0.497 e. The molecule has 0 aliphatic carbocycles. The van der Waals surface area contributed by atoms with Crippen LogP contribution in [0.3, 0.4) is 0 Å². The molecule has 0 spiro atoms. The second kappa shape index (κ2) is 10.4. The number of hydrogen-bond acceptors (Lipinski definition) is 7. The van der Waals surface area contributed by atoms with Gasteiger partial charge in [-0.15, -0.1) is 0 Å². The number of hydrogen-bond donors (Lipinski definition) is 0. The molecule has 0 N–H and O–H groups in total. The van der Waals surface area contributed by atoms with Gasteiger partial charge in [-0.2, -0.15) is 14.6 Å². The Kier molecular flexibility index (Phi) is 6.74. The molecule has 9 heteroatoms. The van der Waals surface area contributed by atoms with Crippen molar-refractivity contribution in [3.05, 3.63) is 67.1 Å². The molecule has 3 heterocycles. The topological polar surface area (TPSA) is 85.1 Å². The summed E-state index contributed by atoms with van der Waals surface area (Å²) in [6.45, 7) is 3.24. The van der Waals surface area contributed by atoms with Gasteiger partial charge in [0.15, 0.2) is 0 Å². The molecule has 0 radical (unpaired) electrons. The maximum Gasteiger partial charge on any atom is 0.254 e. The molecule has 0 atom stereocenters. The lowest BCUT2D eigenvalue weighted by Crippen LogP contribution is -2.49. The molecule has 9 nitrogen and oxygen atoms in total. The van der Waals surface area contributed by atoms with Crippen LogP contribution in [0.4, 0.5) is 5.82 Å². The van der Waals surface area contributed by atoms with Crippen LogP contribution in [0.2, 0.25) is 0 Å². The highest BCUT2D eigenvalue weighted by molar-refractivity contribution is 5.79. The molecule has 1 saturated heterocycles. The van der Waals surface area contributed by atoms with Gasteiger partial charge in [-0.25, -0.2) is 4.98 Å². The molecule has 2 aromatic carbocycles. The first-order valence-electron chi connectivity index (χ1n) is 11.8. The van der Waals surface area contributed by atoms with Crippen molar-refractivity contribution in [1.82, 2.24) is 24.5 Å². The predicted octanol–water partition coefficient (Wildman–Crippen LogP) is 3.31. The average molecular weight is 473 g/mol. The van der Waals surface area contributed by atoms with Gasteiger partial charge in [0.2, 0.25) is 5.91 Å². The van der Waals surface area contributed by atoms with Crippen molar-refractivity contribution >= 4 is 17.5 Å². The SMILES string of the molecule is COc1ccc(-c2cnc3ncnn3c2N2CCN(C(=O)CCCOc3ccccc3)CC2)cc1. The summed E-state index contributed by atoms with van der Waals surface area (Å²) in [5.74, 6) is 3.27. The fourth-order valence-corrected chi connectivity index (χ4v) is 4.30. The van der Waals surface area contributed by atoms with Gasteiger partial charge in [0.25, 0.3) is 5.78 Å². The maximum absolute atomic E-state index is 12.8. The summed E-state index contributed by atoms with van der Waals surface area (Å²) in [6.07, 6.45) is 4.53. The third-order valence-corrected chi connectivity index (χ3v) is 6.16. The summed E-state index contributed by atoms with van der Waals surface area (Å²) >= 11 is 0. The van der Waals surface area contributed by atoms with E-state index in [0.717, 1.165) is 28.4 Å². The standard InChI is InChI=1S/C26H28N6O3/c1-34-21-11-9-20(10-12-21)23-18-27-26-28-19-29-32(26)25(23)31-15-13-30(14-16-31)24(33)8-5-17-35-22-6-3-2-4-7-22/h2-4,6-7,9-12,18-19H,5,8,13-17H2,1H3. The number of anilines is 1. The number of piperazine rings is 1. The third kappa shape index (κ3) is 5.03. The maximum atomic E-state index is 12.8. The number of rotatable bonds is 8. The van der Waals surface area contributed by atoms with E-state index in [2.05, 4.69) is 20.0 Å². The Morgan fingerprint density at radius 3 is 2.46 bits per heavy atom. The number of methoxy groups -OCH3 is 1. The van der Waals surface area contributed by atoms with Gasteiger partial charge in [-0.05, 0) is 36.2 Å². The van der Waals surface area contributed by atoms with Crippen LogP contribution in [0.25, 0.3) is 16.9 Å². The van der Waals surface area contributed by atoms with E-state index in [-0.39, 0.29) is 5.91 Å². The molecule has 1 aliphatic rings. The average Bonchev–Trinajstić information content (AvgIpc) is 3.40. The zero-order valence-electron chi connectivity index (χ0n) is 19.7. The quantitative estimate of drug-likeness (QED) is 0.364. The predicted molar refractivity (Wildman–Crippen MR) is 133 cm³/mol. The first-order chi connectivity index (χ1) is 17.2. The second-order valence-corrected chi connectivity index (χ2v) is 8.33. The van der Waals surface area contributed by atoms with Crippen LogP contribution >= 0.6 is 0 Å². The van der Waals surface area contributed by atoms with Gasteiger partial charge >= 0.3 is 0 Å². The fraction of sp³-hybridized carbons (Fsp3) is 0.308. The Morgan fingerprint density at radius 2 is 1.71 bits per heavy atom. The summed E-state index contributed by atoms with van der Waals surface area (Å²) in [4.78, 5) is 25.7. The van der Waals surface area contributed by atoms with E-state index in [1.165, 1.54) is 6.33 Å².